The van der Waals surface area contributed by atoms with Gasteiger partial charge in [0.15, 0.2) is 0 Å². The van der Waals surface area contributed by atoms with E-state index >= 15 is 0 Å². The molecule has 1 aliphatic heterocycles. The lowest BCUT2D eigenvalue weighted by Crippen LogP contribution is -2.45. The Hall–Kier alpha value is -1.70. The second-order valence-corrected chi connectivity index (χ2v) is 10.1. The van der Waals surface area contributed by atoms with Crippen molar-refractivity contribution in [3.63, 3.8) is 0 Å². The molecule has 0 spiro atoms. The molecule has 1 fully saturated rings. The third-order valence-electron chi connectivity index (χ3n) is 5.10. The van der Waals surface area contributed by atoms with Crippen molar-refractivity contribution in [1.29, 1.82) is 0 Å². The van der Waals surface area contributed by atoms with Gasteiger partial charge in [-0.3, -0.25) is 4.79 Å². The topological polar surface area (TPSA) is 57.7 Å². The molecular weight excluding hydrogens is 440 g/mol. The van der Waals surface area contributed by atoms with Crippen LogP contribution in [0.3, 0.4) is 0 Å². The number of nitrogens with zero attached hydrogens (tertiary/aromatic N) is 2. The number of benzene rings is 2. The second kappa shape index (κ2) is 9.20. The number of hydrogen-bond acceptors (Lipinski definition) is 3. The van der Waals surface area contributed by atoms with E-state index in [0.29, 0.717) is 19.0 Å². The van der Waals surface area contributed by atoms with E-state index in [4.69, 9.17) is 0 Å². The van der Waals surface area contributed by atoms with Gasteiger partial charge in [-0.05, 0) is 48.6 Å². The maximum absolute atomic E-state index is 13.3. The van der Waals surface area contributed by atoms with Crippen LogP contribution in [0.2, 0.25) is 0 Å². The van der Waals surface area contributed by atoms with Crippen LogP contribution in [0.4, 0.5) is 0 Å². The lowest BCUT2D eigenvalue weighted by molar-refractivity contribution is -0.132. The molecule has 0 unspecified atom stereocenters. The highest BCUT2D eigenvalue weighted by atomic mass is 79.9. The predicted molar refractivity (Wildman–Crippen MR) is 113 cm³/mol. The van der Waals surface area contributed by atoms with Crippen LogP contribution in [0.15, 0.2) is 64.0 Å². The summed E-state index contributed by atoms with van der Waals surface area (Å²) in [5, 5.41) is 0. The highest BCUT2D eigenvalue weighted by Gasteiger charge is 2.29. The molecule has 1 heterocycles. The zero-order valence-electron chi connectivity index (χ0n) is 15.9. The molecule has 0 aromatic heterocycles. The summed E-state index contributed by atoms with van der Waals surface area (Å²) in [6, 6.07) is 15.9. The van der Waals surface area contributed by atoms with E-state index in [-0.39, 0.29) is 23.9 Å². The third-order valence-corrected chi connectivity index (χ3v) is 7.44. The van der Waals surface area contributed by atoms with E-state index in [1.54, 1.807) is 29.2 Å². The first-order valence-electron chi connectivity index (χ1n) is 9.43. The second-order valence-electron chi connectivity index (χ2n) is 7.28. The van der Waals surface area contributed by atoms with Crippen molar-refractivity contribution in [2.75, 3.05) is 19.6 Å². The number of carbonyl (C=O) groups excluding carboxylic acids is 1. The number of piperidine rings is 1. The number of likely N-dealkylation sites (tertiary alicyclic amines) is 1. The molecule has 1 aliphatic rings. The molecule has 0 bridgehead atoms. The average Bonchev–Trinajstić information content (AvgIpc) is 2.69. The van der Waals surface area contributed by atoms with Crippen LogP contribution in [0.1, 0.15) is 25.3 Å². The summed E-state index contributed by atoms with van der Waals surface area (Å²) in [5.41, 5.74) is 0.850. The minimum absolute atomic E-state index is 0.136. The first kappa shape index (κ1) is 21.0. The highest BCUT2D eigenvalue weighted by Crippen LogP contribution is 2.22. The zero-order chi connectivity index (χ0) is 20.1. The van der Waals surface area contributed by atoms with Gasteiger partial charge in [-0.1, -0.05) is 53.2 Å². The van der Waals surface area contributed by atoms with Crippen molar-refractivity contribution >= 4 is 31.9 Å². The Morgan fingerprint density at radius 3 is 2.29 bits per heavy atom. The largest absolute Gasteiger partial charge is 0.342 e. The maximum Gasteiger partial charge on any atom is 0.243 e. The van der Waals surface area contributed by atoms with Gasteiger partial charge < -0.3 is 4.90 Å². The van der Waals surface area contributed by atoms with E-state index in [1.165, 1.54) is 4.31 Å². The number of rotatable bonds is 6. The monoisotopic (exact) mass is 464 g/mol. The quantitative estimate of drug-likeness (QED) is 0.651. The smallest absolute Gasteiger partial charge is 0.243 e. The Balaban J connectivity index is 1.84. The number of carbonyl (C=O) groups is 1. The fraction of sp³-hybridized carbons (Fsp3) is 0.381. The first-order chi connectivity index (χ1) is 13.4. The fourth-order valence-electron chi connectivity index (χ4n) is 3.28. The molecule has 0 N–H and O–H groups in total. The number of amides is 1. The van der Waals surface area contributed by atoms with Crippen molar-refractivity contribution in [3.05, 3.63) is 64.6 Å². The lowest BCUT2D eigenvalue weighted by Gasteiger charge is -2.32. The van der Waals surface area contributed by atoms with Gasteiger partial charge in [-0.15, -0.1) is 0 Å². The van der Waals surface area contributed by atoms with Crippen molar-refractivity contribution in [2.24, 2.45) is 5.92 Å². The Labute approximate surface area is 175 Å². The third kappa shape index (κ3) is 5.21. The molecule has 28 heavy (non-hydrogen) atoms. The summed E-state index contributed by atoms with van der Waals surface area (Å²) >= 11 is 3.33. The predicted octanol–water partition coefficient (Wildman–Crippen LogP) is 3.90. The summed E-state index contributed by atoms with van der Waals surface area (Å²) in [6.45, 7) is 3.58. The lowest BCUT2D eigenvalue weighted by atomic mass is 9.99. The number of sulfonamides is 1. The minimum atomic E-state index is -3.80. The number of halogens is 1. The Bertz CT molecular complexity index is 893. The van der Waals surface area contributed by atoms with E-state index < -0.39 is 10.0 Å². The Morgan fingerprint density at radius 1 is 1.07 bits per heavy atom. The van der Waals surface area contributed by atoms with Gasteiger partial charge in [-0.25, -0.2) is 8.42 Å². The first-order valence-corrected chi connectivity index (χ1v) is 11.7. The maximum atomic E-state index is 13.3. The van der Waals surface area contributed by atoms with Crippen LogP contribution in [0.25, 0.3) is 0 Å². The fourth-order valence-corrected chi connectivity index (χ4v) is 4.92. The van der Waals surface area contributed by atoms with Gasteiger partial charge in [0.1, 0.15) is 0 Å². The van der Waals surface area contributed by atoms with E-state index in [1.807, 2.05) is 30.3 Å². The molecule has 1 saturated heterocycles. The summed E-state index contributed by atoms with van der Waals surface area (Å²) < 4.78 is 28.6. The minimum Gasteiger partial charge on any atom is -0.342 e. The molecule has 0 atom stereocenters. The van der Waals surface area contributed by atoms with Crippen LogP contribution in [0, 0.1) is 5.92 Å². The molecule has 3 rings (SSSR count). The van der Waals surface area contributed by atoms with E-state index in [0.717, 1.165) is 22.9 Å². The van der Waals surface area contributed by atoms with Crippen molar-refractivity contribution in [3.8, 4) is 0 Å². The van der Waals surface area contributed by atoms with Gasteiger partial charge in [0.25, 0.3) is 0 Å². The van der Waals surface area contributed by atoms with Crippen LogP contribution < -0.4 is 0 Å². The molecule has 7 heteroatoms. The number of hydrogen-bond donors (Lipinski definition) is 0. The van der Waals surface area contributed by atoms with Crippen molar-refractivity contribution in [1.82, 2.24) is 9.21 Å². The SMILES string of the molecule is CC1CCN(C(=O)CN(Cc2ccccc2)S(=O)(=O)c2ccc(Br)cc2)CC1. The molecule has 1 amide bonds. The standard InChI is InChI=1S/C21H25BrN2O3S/c1-17-11-13-23(14-12-17)21(25)16-24(15-18-5-3-2-4-6-18)28(26,27)20-9-7-19(22)8-10-20/h2-10,17H,11-16H2,1H3. The van der Waals surface area contributed by atoms with Gasteiger partial charge >= 0.3 is 0 Å². The summed E-state index contributed by atoms with van der Waals surface area (Å²) in [5.74, 6) is 0.472. The molecule has 5 nitrogen and oxygen atoms in total. The molecule has 0 saturated carbocycles. The molecule has 0 radical (unpaired) electrons. The van der Waals surface area contributed by atoms with Gasteiger partial charge in [-0.2, -0.15) is 4.31 Å². The van der Waals surface area contributed by atoms with Crippen LogP contribution in [0.5, 0.6) is 0 Å². The zero-order valence-corrected chi connectivity index (χ0v) is 18.3. The van der Waals surface area contributed by atoms with Crippen molar-refractivity contribution in [2.45, 2.75) is 31.2 Å². The summed E-state index contributed by atoms with van der Waals surface area (Å²) in [6.07, 6.45) is 1.92. The van der Waals surface area contributed by atoms with Gasteiger partial charge in [0.05, 0.1) is 11.4 Å². The van der Waals surface area contributed by atoms with Crippen LogP contribution >= 0.6 is 15.9 Å². The molecular formula is C21H25BrN2O3S. The molecule has 150 valence electrons. The van der Waals surface area contributed by atoms with E-state index in [2.05, 4.69) is 22.9 Å². The van der Waals surface area contributed by atoms with E-state index in [9.17, 15) is 13.2 Å². The molecule has 2 aromatic carbocycles. The Kier molecular flexibility index (Phi) is 6.91. The van der Waals surface area contributed by atoms with Gasteiger partial charge in [0.2, 0.25) is 15.9 Å². The van der Waals surface area contributed by atoms with Crippen LogP contribution in [-0.2, 0) is 21.4 Å². The van der Waals surface area contributed by atoms with Crippen molar-refractivity contribution < 1.29 is 13.2 Å². The Morgan fingerprint density at radius 2 is 1.68 bits per heavy atom. The van der Waals surface area contributed by atoms with Crippen LogP contribution in [-0.4, -0.2) is 43.2 Å². The molecule has 2 aromatic rings. The normalized spacial score (nSPS) is 15.8. The molecule has 0 aliphatic carbocycles. The summed E-state index contributed by atoms with van der Waals surface area (Å²) in [7, 11) is -3.80. The average molecular weight is 465 g/mol. The highest BCUT2D eigenvalue weighted by molar-refractivity contribution is 9.10. The summed E-state index contributed by atoms with van der Waals surface area (Å²) in [4.78, 5) is 14.8. The van der Waals surface area contributed by atoms with Gasteiger partial charge in [0, 0.05) is 24.1 Å².